The molecule has 0 radical (unpaired) electrons. The molecule has 4 heteroatoms. The Balaban J connectivity index is 2.41. The Kier molecular flexibility index (Phi) is 2.74. The van der Waals surface area contributed by atoms with Gasteiger partial charge in [0.1, 0.15) is 11.3 Å². The number of aryl methyl sites for hydroxylation is 4. The van der Waals surface area contributed by atoms with Gasteiger partial charge >= 0.3 is 0 Å². The number of hydrogen-bond acceptors (Lipinski definition) is 3. The smallest absolute Gasteiger partial charge is 0.274 e. The van der Waals surface area contributed by atoms with Gasteiger partial charge in [0.15, 0.2) is 0 Å². The average molecular weight is 268 g/mol. The first kappa shape index (κ1) is 12.7. The molecule has 20 heavy (non-hydrogen) atoms. The van der Waals surface area contributed by atoms with E-state index < -0.39 is 0 Å². The number of rotatable bonds is 1. The molecule has 0 bridgehead atoms. The zero-order chi connectivity index (χ0) is 14.4. The summed E-state index contributed by atoms with van der Waals surface area (Å²) in [5.41, 5.74) is 4.15. The third-order valence-electron chi connectivity index (χ3n) is 3.48. The third-order valence-corrected chi connectivity index (χ3v) is 3.48. The van der Waals surface area contributed by atoms with Gasteiger partial charge < -0.3 is 4.42 Å². The van der Waals surface area contributed by atoms with Crippen LogP contribution in [0.15, 0.2) is 33.5 Å². The fourth-order valence-electron chi connectivity index (χ4n) is 2.60. The van der Waals surface area contributed by atoms with Crippen molar-refractivity contribution in [1.82, 2.24) is 9.78 Å². The van der Waals surface area contributed by atoms with Crippen molar-refractivity contribution in [1.29, 1.82) is 0 Å². The van der Waals surface area contributed by atoms with Crippen molar-refractivity contribution in [2.75, 3.05) is 0 Å². The fraction of sp³-hybridized carbons (Fsp3) is 0.250. The number of hydrogen-bond donors (Lipinski definition) is 0. The summed E-state index contributed by atoms with van der Waals surface area (Å²) in [7, 11) is 1.67. The lowest BCUT2D eigenvalue weighted by Gasteiger charge is -2.04. The molecular formula is C16H16N2O2. The maximum absolute atomic E-state index is 12.3. The van der Waals surface area contributed by atoms with Gasteiger partial charge in [-0.25, -0.2) is 4.68 Å². The van der Waals surface area contributed by atoms with Gasteiger partial charge in [0.25, 0.3) is 5.56 Å². The van der Waals surface area contributed by atoms with Crippen LogP contribution in [0.3, 0.4) is 0 Å². The molecule has 102 valence electrons. The molecule has 2 aromatic heterocycles. The number of nitrogens with zero attached hydrogens (tertiary/aromatic N) is 2. The Hall–Kier alpha value is -2.36. The normalized spacial score (nSPS) is 11.2. The van der Waals surface area contributed by atoms with Gasteiger partial charge in [-0.2, -0.15) is 5.10 Å². The van der Waals surface area contributed by atoms with Gasteiger partial charge in [0.2, 0.25) is 0 Å². The standard InChI is InChI=1S/C16H16N2O2/c1-9-5-6-12-14(7-9)20-11(3)15(12)13-8-10(2)17-18(4)16(13)19/h5-8H,1-4H3. The second-order valence-corrected chi connectivity index (χ2v) is 5.16. The summed E-state index contributed by atoms with van der Waals surface area (Å²) in [6.07, 6.45) is 0. The Morgan fingerprint density at radius 3 is 2.65 bits per heavy atom. The van der Waals surface area contributed by atoms with Crippen LogP contribution in [0.5, 0.6) is 0 Å². The predicted octanol–water partition coefficient (Wildman–Crippen LogP) is 3.12. The molecule has 0 N–H and O–H groups in total. The molecule has 1 aromatic carbocycles. The molecular weight excluding hydrogens is 252 g/mol. The zero-order valence-electron chi connectivity index (χ0n) is 12.0. The minimum atomic E-state index is -0.109. The van der Waals surface area contributed by atoms with Crippen LogP contribution in [0, 0.1) is 20.8 Å². The van der Waals surface area contributed by atoms with E-state index in [1.54, 1.807) is 7.05 Å². The third kappa shape index (κ3) is 1.84. The molecule has 0 fully saturated rings. The molecule has 0 spiro atoms. The highest BCUT2D eigenvalue weighted by atomic mass is 16.3. The lowest BCUT2D eigenvalue weighted by Crippen LogP contribution is -2.22. The van der Waals surface area contributed by atoms with E-state index in [4.69, 9.17) is 4.42 Å². The van der Waals surface area contributed by atoms with Gasteiger partial charge in [-0.3, -0.25) is 4.79 Å². The zero-order valence-corrected chi connectivity index (χ0v) is 12.0. The van der Waals surface area contributed by atoms with Crippen LogP contribution in [0.1, 0.15) is 17.0 Å². The van der Waals surface area contributed by atoms with Crippen molar-refractivity contribution in [2.24, 2.45) is 7.05 Å². The summed E-state index contributed by atoms with van der Waals surface area (Å²) < 4.78 is 7.17. The molecule has 0 saturated heterocycles. The number of benzene rings is 1. The Labute approximate surface area is 116 Å². The SMILES string of the molecule is Cc1ccc2c(-c3cc(C)nn(C)c3=O)c(C)oc2c1. The minimum Gasteiger partial charge on any atom is -0.461 e. The molecule has 0 aliphatic carbocycles. The van der Waals surface area contributed by atoms with Crippen molar-refractivity contribution in [3.05, 3.63) is 51.6 Å². The van der Waals surface area contributed by atoms with E-state index in [9.17, 15) is 4.79 Å². The first-order valence-corrected chi connectivity index (χ1v) is 6.52. The summed E-state index contributed by atoms with van der Waals surface area (Å²) in [4.78, 5) is 12.3. The predicted molar refractivity (Wildman–Crippen MR) is 78.9 cm³/mol. The summed E-state index contributed by atoms with van der Waals surface area (Å²) in [5.74, 6) is 0.758. The van der Waals surface area contributed by atoms with E-state index in [2.05, 4.69) is 5.10 Å². The highest BCUT2D eigenvalue weighted by Crippen LogP contribution is 2.33. The van der Waals surface area contributed by atoms with E-state index >= 15 is 0 Å². The highest BCUT2D eigenvalue weighted by Gasteiger charge is 2.17. The summed E-state index contributed by atoms with van der Waals surface area (Å²) in [6.45, 7) is 5.79. The van der Waals surface area contributed by atoms with Crippen LogP contribution in [-0.2, 0) is 7.05 Å². The van der Waals surface area contributed by atoms with Gasteiger partial charge in [-0.1, -0.05) is 12.1 Å². The average Bonchev–Trinajstić information content (AvgIpc) is 2.69. The van der Waals surface area contributed by atoms with E-state index in [1.165, 1.54) is 4.68 Å². The maximum atomic E-state index is 12.3. The van der Waals surface area contributed by atoms with Crippen molar-refractivity contribution in [2.45, 2.75) is 20.8 Å². The van der Waals surface area contributed by atoms with Gasteiger partial charge in [-0.15, -0.1) is 0 Å². The lowest BCUT2D eigenvalue weighted by atomic mass is 10.0. The Morgan fingerprint density at radius 1 is 1.15 bits per heavy atom. The van der Waals surface area contributed by atoms with Crippen molar-refractivity contribution < 1.29 is 4.42 Å². The van der Waals surface area contributed by atoms with E-state index in [-0.39, 0.29) is 5.56 Å². The van der Waals surface area contributed by atoms with Gasteiger partial charge in [-0.05, 0) is 38.5 Å². The van der Waals surface area contributed by atoms with E-state index in [1.807, 2.05) is 45.0 Å². The monoisotopic (exact) mass is 268 g/mol. The van der Waals surface area contributed by atoms with Crippen LogP contribution in [0.2, 0.25) is 0 Å². The molecule has 0 amide bonds. The first-order valence-electron chi connectivity index (χ1n) is 6.52. The Morgan fingerprint density at radius 2 is 1.90 bits per heavy atom. The summed E-state index contributed by atoms with van der Waals surface area (Å²) in [5, 5.41) is 5.11. The van der Waals surface area contributed by atoms with Crippen molar-refractivity contribution in [3.8, 4) is 11.1 Å². The van der Waals surface area contributed by atoms with E-state index in [0.29, 0.717) is 5.56 Å². The molecule has 0 aliphatic heterocycles. The van der Waals surface area contributed by atoms with E-state index in [0.717, 1.165) is 33.6 Å². The molecule has 0 unspecified atom stereocenters. The van der Waals surface area contributed by atoms with Crippen LogP contribution in [0.25, 0.3) is 22.1 Å². The summed E-state index contributed by atoms with van der Waals surface area (Å²) >= 11 is 0. The van der Waals surface area contributed by atoms with Gasteiger partial charge in [0.05, 0.1) is 11.3 Å². The van der Waals surface area contributed by atoms with Crippen molar-refractivity contribution in [3.63, 3.8) is 0 Å². The fourth-order valence-corrected chi connectivity index (χ4v) is 2.60. The molecule has 0 aliphatic rings. The molecule has 0 atom stereocenters. The quantitative estimate of drug-likeness (QED) is 0.681. The molecule has 3 aromatic rings. The molecule has 4 nitrogen and oxygen atoms in total. The highest BCUT2D eigenvalue weighted by molar-refractivity contribution is 5.95. The number of aromatic nitrogens is 2. The second kappa shape index (κ2) is 4.34. The van der Waals surface area contributed by atoms with Crippen LogP contribution in [-0.4, -0.2) is 9.78 Å². The molecule has 0 saturated carbocycles. The minimum absolute atomic E-state index is 0.109. The lowest BCUT2D eigenvalue weighted by molar-refractivity contribution is 0.579. The number of furan rings is 1. The first-order chi connectivity index (χ1) is 9.47. The van der Waals surface area contributed by atoms with Gasteiger partial charge in [0, 0.05) is 18.0 Å². The maximum Gasteiger partial charge on any atom is 0.274 e. The number of fused-ring (bicyclic) bond motifs is 1. The molecule has 2 heterocycles. The van der Waals surface area contributed by atoms with Crippen LogP contribution in [0.4, 0.5) is 0 Å². The Bertz CT molecular complexity index is 872. The van der Waals surface area contributed by atoms with Crippen LogP contribution < -0.4 is 5.56 Å². The topological polar surface area (TPSA) is 48.0 Å². The summed E-state index contributed by atoms with van der Waals surface area (Å²) in [6, 6.07) is 7.84. The van der Waals surface area contributed by atoms with Crippen molar-refractivity contribution >= 4 is 11.0 Å². The van der Waals surface area contributed by atoms with Crippen LogP contribution >= 0.6 is 0 Å². The largest absolute Gasteiger partial charge is 0.461 e. The second-order valence-electron chi connectivity index (χ2n) is 5.16. The molecule has 3 rings (SSSR count).